The maximum atomic E-state index is 2.74. The van der Waals surface area contributed by atoms with Crippen LogP contribution >= 0.6 is 0 Å². The highest BCUT2D eigenvalue weighted by Gasteiger charge is 2.41. The van der Waals surface area contributed by atoms with Gasteiger partial charge in [0.1, 0.15) is 13.1 Å². The zero-order chi connectivity index (χ0) is 17.5. The fraction of sp³-hybridized carbons (Fsp3) is 0.458. The van der Waals surface area contributed by atoms with Crippen LogP contribution in [0.5, 0.6) is 0 Å². The van der Waals surface area contributed by atoms with Crippen molar-refractivity contribution in [3.05, 3.63) is 59.7 Å². The molecule has 2 heterocycles. The number of rotatable bonds is 1. The van der Waals surface area contributed by atoms with E-state index >= 15 is 0 Å². The van der Waals surface area contributed by atoms with Gasteiger partial charge in [-0.05, 0) is 36.1 Å². The molecule has 1 unspecified atom stereocenters. The summed E-state index contributed by atoms with van der Waals surface area (Å²) in [6.45, 7) is 2.56. The number of hydrogen-bond acceptors (Lipinski definition) is 1. The van der Waals surface area contributed by atoms with Crippen LogP contribution in [0.2, 0.25) is 0 Å². The van der Waals surface area contributed by atoms with Crippen LogP contribution in [0.25, 0.3) is 0 Å². The van der Waals surface area contributed by atoms with E-state index in [0.717, 1.165) is 0 Å². The molecule has 2 aliphatic heterocycles. The van der Waals surface area contributed by atoms with Crippen molar-refractivity contribution in [2.24, 2.45) is 5.92 Å². The van der Waals surface area contributed by atoms with Crippen molar-refractivity contribution in [1.82, 2.24) is 0 Å². The largest absolute Gasteiger partial charge is 0.344 e. The van der Waals surface area contributed by atoms with Gasteiger partial charge in [0.05, 0.1) is 5.92 Å². The summed E-state index contributed by atoms with van der Waals surface area (Å²) in [6.07, 6.45) is 8.13. The van der Waals surface area contributed by atoms with Gasteiger partial charge >= 0.3 is 0 Å². The van der Waals surface area contributed by atoms with Gasteiger partial charge in [-0.1, -0.05) is 42.8 Å². The quantitative estimate of drug-likeness (QED) is 0.633. The lowest BCUT2D eigenvalue weighted by atomic mass is 9.70. The van der Waals surface area contributed by atoms with Crippen LogP contribution < -0.4 is 4.90 Å². The van der Waals surface area contributed by atoms with Crippen LogP contribution in [0.4, 0.5) is 11.4 Å². The summed E-state index contributed by atoms with van der Waals surface area (Å²) in [7, 11) is 2.22. The minimum Gasteiger partial charge on any atom is -0.344 e. The maximum Gasteiger partial charge on any atom is 0.156 e. The topological polar surface area (TPSA) is 6.25 Å². The Hall–Kier alpha value is -2.09. The van der Waals surface area contributed by atoms with Crippen molar-refractivity contribution in [2.45, 2.75) is 44.4 Å². The van der Waals surface area contributed by atoms with E-state index in [4.69, 9.17) is 0 Å². The second-order valence-corrected chi connectivity index (χ2v) is 8.19. The molecule has 5 rings (SSSR count). The number of fused-ring (bicyclic) bond motifs is 2. The number of hydrogen-bond donors (Lipinski definition) is 0. The van der Waals surface area contributed by atoms with Crippen molar-refractivity contribution >= 4 is 17.1 Å². The number of nitrogens with zero attached hydrogens (tertiary/aromatic N) is 2. The van der Waals surface area contributed by atoms with Gasteiger partial charge in [-0.3, -0.25) is 0 Å². The zero-order valence-corrected chi connectivity index (χ0v) is 15.8. The molecular weight excluding hydrogens is 316 g/mol. The van der Waals surface area contributed by atoms with Gasteiger partial charge in [0.15, 0.2) is 5.71 Å². The van der Waals surface area contributed by atoms with Gasteiger partial charge in [-0.25, -0.2) is 4.58 Å². The standard InChI is InChI=1S/C24H29N2/c1-25-21-13-5-2-10-18(21)24(19-11-3-6-14-22(19)25)20-12-4-7-15-23(20)26-16-8-9-17-26/h2-3,5-6,10-11,13-14,20,24H,4,7-9,12,15-17H2,1H3/q+1. The maximum absolute atomic E-state index is 2.74. The first-order valence-electron chi connectivity index (χ1n) is 10.4. The van der Waals surface area contributed by atoms with E-state index in [-0.39, 0.29) is 0 Å². The molecule has 1 saturated carbocycles. The highest BCUT2D eigenvalue weighted by molar-refractivity contribution is 5.87. The molecule has 0 amide bonds. The van der Waals surface area contributed by atoms with E-state index in [1.807, 2.05) is 0 Å². The van der Waals surface area contributed by atoms with Crippen LogP contribution in [0.15, 0.2) is 48.5 Å². The molecule has 3 aliphatic rings. The highest BCUT2D eigenvalue weighted by atomic mass is 15.1. The normalized spacial score (nSPS) is 23.1. The molecular formula is C24H29N2+. The van der Waals surface area contributed by atoms with Crippen LogP contribution in [0, 0.1) is 5.92 Å². The summed E-state index contributed by atoms with van der Waals surface area (Å²) in [5.74, 6) is 1.17. The Kier molecular flexibility index (Phi) is 4.07. The fourth-order valence-electron chi connectivity index (χ4n) is 5.62. The Balaban J connectivity index is 1.68. The van der Waals surface area contributed by atoms with E-state index in [1.54, 1.807) is 5.71 Å². The van der Waals surface area contributed by atoms with E-state index in [9.17, 15) is 0 Å². The van der Waals surface area contributed by atoms with Crippen molar-refractivity contribution in [1.29, 1.82) is 0 Å². The third-order valence-corrected chi connectivity index (χ3v) is 6.81. The Morgan fingerprint density at radius 3 is 2.08 bits per heavy atom. The molecule has 0 radical (unpaired) electrons. The lowest BCUT2D eigenvalue weighted by molar-refractivity contribution is -0.510. The summed E-state index contributed by atoms with van der Waals surface area (Å²) >= 11 is 0. The number of anilines is 2. The van der Waals surface area contributed by atoms with Gasteiger partial charge in [0, 0.05) is 43.6 Å². The number of benzene rings is 2. The van der Waals surface area contributed by atoms with Crippen molar-refractivity contribution in [3.63, 3.8) is 0 Å². The van der Waals surface area contributed by atoms with E-state index in [1.165, 1.54) is 74.1 Å². The summed E-state index contributed by atoms with van der Waals surface area (Å²) in [5.41, 5.74) is 7.59. The molecule has 26 heavy (non-hydrogen) atoms. The van der Waals surface area contributed by atoms with E-state index in [2.05, 4.69) is 65.1 Å². The first-order valence-corrected chi connectivity index (χ1v) is 10.4. The molecule has 1 atom stereocenters. The van der Waals surface area contributed by atoms with Gasteiger partial charge < -0.3 is 4.90 Å². The SMILES string of the molecule is CN1c2ccccc2C(C2CCCCC2=[N+]2CCCC2)c2ccccc21. The van der Waals surface area contributed by atoms with Crippen molar-refractivity contribution in [2.75, 3.05) is 25.0 Å². The Morgan fingerprint density at radius 1 is 0.808 bits per heavy atom. The first-order chi connectivity index (χ1) is 12.8. The van der Waals surface area contributed by atoms with Gasteiger partial charge in [-0.15, -0.1) is 0 Å². The molecule has 2 nitrogen and oxygen atoms in total. The minimum absolute atomic E-state index is 0.509. The predicted octanol–water partition coefficient (Wildman–Crippen LogP) is 5.34. The molecule has 0 aromatic heterocycles. The lowest BCUT2D eigenvalue weighted by Gasteiger charge is -2.39. The molecule has 2 heteroatoms. The van der Waals surface area contributed by atoms with Crippen LogP contribution in [-0.2, 0) is 0 Å². The van der Waals surface area contributed by atoms with E-state index in [0.29, 0.717) is 11.8 Å². The zero-order valence-electron chi connectivity index (χ0n) is 15.8. The third kappa shape index (κ3) is 2.50. The monoisotopic (exact) mass is 345 g/mol. The van der Waals surface area contributed by atoms with Crippen LogP contribution in [0.1, 0.15) is 55.6 Å². The lowest BCUT2D eigenvalue weighted by Crippen LogP contribution is -2.36. The minimum atomic E-state index is 0.509. The fourth-order valence-corrected chi connectivity index (χ4v) is 5.62. The molecule has 0 spiro atoms. The Bertz CT molecular complexity index is 795. The molecule has 0 bridgehead atoms. The highest BCUT2D eigenvalue weighted by Crippen LogP contribution is 2.50. The summed E-state index contributed by atoms with van der Waals surface area (Å²) in [4.78, 5) is 2.39. The molecule has 2 aromatic rings. The summed E-state index contributed by atoms with van der Waals surface area (Å²) in [5, 5.41) is 0. The Labute approximate surface area is 157 Å². The molecule has 2 fully saturated rings. The van der Waals surface area contributed by atoms with Crippen LogP contribution in [-0.4, -0.2) is 30.4 Å². The molecule has 134 valence electrons. The van der Waals surface area contributed by atoms with E-state index < -0.39 is 0 Å². The van der Waals surface area contributed by atoms with Gasteiger partial charge in [0.25, 0.3) is 0 Å². The van der Waals surface area contributed by atoms with Crippen LogP contribution in [0.3, 0.4) is 0 Å². The third-order valence-electron chi connectivity index (χ3n) is 6.81. The average Bonchev–Trinajstić information content (AvgIpc) is 3.23. The van der Waals surface area contributed by atoms with Gasteiger partial charge in [0.2, 0.25) is 0 Å². The average molecular weight is 346 g/mol. The second-order valence-electron chi connectivity index (χ2n) is 8.19. The molecule has 1 saturated heterocycles. The molecule has 2 aromatic carbocycles. The first kappa shape index (κ1) is 16.1. The number of para-hydroxylation sites is 2. The summed E-state index contributed by atoms with van der Waals surface area (Å²) < 4.78 is 2.74. The second kappa shape index (κ2) is 6.57. The smallest absolute Gasteiger partial charge is 0.156 e. The van der Waals surface area contributed by atoms with Crippen molar-refractivity contribution < 1.29 is 4.58 Å². The predicted molar refractivity (Wildman–Crippen MR) is 109 cm³/mol. The van der Waals surface area contributed by atoms with Gasteiger partial charge in [-0.2, -0.15) is 0 Å². The molecule has 1 aliphatic carbocycles. The Morgan fingerprint density at radius 2 is 1.42 bits per heavy atom. The summed E-state index contributed by atoms with van der Waals surface area (Å²) in [6, 6.07) is 18.2. The molecule has 0 N–H and O–H groups in total. The van der Waals surface area contributed by atoms with Crippen molar-refractivity contribution in [3.8, 4) is 0 Å².